The van der Waals surface area contributed by atoms with E-state index in [4.69, 9.17) is 4.74 Å². The maximum Gasteiger partial charge on any atom is 0.338 e. The largest absolute Gasteiger partial charge is 0.462 e. The Balaban J connectivity index is 1.92. The molecule has 2 rings (SSSR count). The summed E-state index contributed by atoms with van der Waals surface area (Å²) in [6, 6.07) is 12.1. The van der Waals surface area contributed by atoms with Crippen LogP contribution in [0.15, 0.2) is 42.5 Å². The Labute approximate surface area is 153 Å². The number of hydrogen-bond donors (Lipinski definition) is 1. The molecule has 0 aliphatic heterocycles. The number of anilines is 1. The zero-order chi connectivity index (χ0) is 19.1. The summed E-state index contributed by atoms with van der Waals surface area (Å²) < 4.78 is 4.94. The second-order valence-electron chi connectivity index (χ2n) is 6.07. The first kappa shape index (κ1) is 19.4. The number of nitrogens with one attached hydrogen (secondary N) is 1. The Bertz CT molecular complexity index is 827. The van der Waals surface area contributed by atoms with Gasteiger partial charge < -0.3 is 10.1 Å². The molecule has 0 aromatic heterocycles. The number of rotatable bonds is 7. The van der Waals surface area contributed by atoms with E-state index in [1.165, 1.54) is 0 Å². The number of carbonyl (C=O) groups is 3. The fourth-order valence-electron chi connectivity index (χ4n) is 2.45. The molecule has 5 heteroatoms. The highest BCUT2D eigenvalue weighted by molar-refractivity contribution is 6.00. The first-order chi connectivity index (χ1) is 12.4. The second kappa shape index (κ2) is 8.94. The number of esters is 1. The molecular formula is C21H23NO4. The quantitative estimate of drug-likeness (QED) is 0.601. The number of Topliss-reactive ketones (excluding diaryl/α,β-unsaturated/α-hetero) is 1. The van der Waals surface area contributed by atoms with Gasteiger partial charge in [0.15, 0.2) is 5.78 Å². The molecule has 0 saturated carbocycles. The van der Waals surface area contributed by atoms with E-state index in [1.807, 2.05) is 26.0 Å². The molecule has 2 aromatic rings. The van der Waals surface area contributed by atoms with Gasteiger partial charge in [-0.1, -0.05) is 18.2 Å². The molecule has 0 spiro atoms. The van der Waals surface area contributed by atoms with Gasteiger partial charge in [0.05, 0.1) is 12.2 Å². The third-order valence-corrected chi connectivity index (χ3v) is 4.07. The summed E-state index contributed by atoms with van der Waals surface area (Å²) >= 11 is 0. The number of benzene rings is 2. The molecule has 0 fully saturated rings. The predicted molar refractivity (Wildman–Crippen MR) is 101 cm³/mol. The third-order valence-electron chi connectivity index (χ3n) is 4.07. The monoisotopic (exact) mass is 353 g/mol. The summed E-state index contributed by atoms with van der Waals surface area (Å²) in [6.45, 7) is 5.96. The van der Waals surface area contributed by atoms with Crippen molar-refractivity contribution in [1.29, 1.82) is 0 Å². The summed E-state index contributed by atoms with van der Waals surface area (Å²) in [5.41, 5.74) is 3.66. The van der Waals surface area contributed by atoms with Crippen LogP contribution >= 0.6 is 0 Å². The van der Waals surface area contributed by atoms with Gasteiger partial charge in [0, 0.05) is 24.1 Å². The van der Waals surface area contributed by atoms with Gasteiger partial charge in [-0.25, -0.2) is 4.79 Å². The number of ether oxygens (including phenoxy) is 1. The Kier molecular flexibility index (Phi) is 6.67. The van der Waals surface area contributed by atoms with Gasteiger partial charge in [0.25, 0.3) is 0 Å². The van der Waals surface area contributed by atoms with E-state index in [1.54, 1.807) is 37.3 Å². The van der Waals surface area contributed by atoms with Gasteiger partial charge in [-0.05, 0) is 56.2 Å². The molecule has 1 N–H and O–H groups in total. The molecule has 0 unspecified atom stereocenters. The lowest BCUT2D eigenvalue weighted by Crippen LogP contribution is -2.14. The minimum atomic E-state index is -0.437. The average molecular weight is 353 g/mol. The van der Waals surface area contributed by atoms with Gasteiger partial charge in [0.2, 0.25) is 5.91 Å². The summed E-state index contributed by atoms with van der Waals surface area (Å²) in [5, 5.41) is 2.71. The summed E-state index contributed by atoms with van der Waals surface area (Å²) in [4.78, 5) is 36.1. The second-order valence-corrected chi connectivity index (χ2v) is 6.07. The standard InChI is InChI=1S/C21H23NO4/c1-4-26-21(25)17-6-5-7-18(13-17)22-20(24)11-10-19(23)16-9-8-14(2)15(3)12-16/h5-9,12-13H,4,10-11H2,1-3H3,(H,22,24). The highest BCUT2D eigenvalue weighted by atomic mass is 16.5. The lowest BCUT2D eigenvalue weighted by molar-refractivity contribution is -0.116. The van der Waals surface area contributed by atoms with Crippen LogP contribution in [0.2, 0.25) is 0 Å². The minimum absolute atomic E-state index is 0.0662. The zero-order valence-corrected chi connectivity index (χ0v) is 15.3. The summed E-state index contributed by atoms with van der Waals surface area (Å²) in [5.74, 6) is -0.778. The van der Waals surface area contributed by atoms with Gasteiger partial charge in [-0.3, -0.25) is 9.59 Å². The predicted octanol–water partition coefficient (Wildman–Crippen LogP) is 4.08. The molecule has 136 valence electrons. The van der Waals surface area contributed by atoms with Crippen molar-refractivity contribution in [2.75, 3.05) is 11.9 Å². The van der Waals surface area contributed by atoms with Crippen LogP contribution in [0.4, 0.5) is 5.69 Å². The number of hydrogen-bond acceptors (Lipinski definition) is 4. The van der Waals surface area contributed by atoms with Crippen molar-refractivity contribution in [2.45, 2.75) is 33.6 Å². The number of carbonyl (C=O) groups excluding carboxylic acids is 3. The number of aryl methyl sites for hydroxylation is 2. The molecule has 5 nitrogen and oxygen atoms in total. The van der Waals surface area contributed by atoms with Crippen molar-refractivity contribution in [1.82, 2.24) is 0 Å². The molecule has 0 radical (unpaired) electrons. The number of amides is 1. The van der Waals surface area contributed by atoms with Crippen LogP contribution < -0.4 is 5.32 Å². The Hall–Kier alpha value is -2.95. The molecule has 1 amide bonds. The lowest BCUT2D eigenvalue weighted by atomic mass is 10.0. The molecule has 0 bridgehead atoms. The molecule has 0 aliphatic rings. The van der Waals surface area contributed by atoms with E-state index < -0.39 is 5.97 Å². The van der Waals surface area contributed by atoms with E-state index in [9.17, 15) is 14.4 Å². The molecule has 26 heavy (non-hydrogen) atoms. The highest BCUT2D eigenvalue weighted by Crippen LogP contribution is 2.15. The molecule has 2 aromatic carbocycles. The van der Waals surface area contributed by atoms with Gasteiger partial charge in [0.1, 0.15) is 0 Å². The van der Waals surface area contributed by atoms with Crippen molar-refractivity contribution in [3.8, 4) is 0 Å². The van der Waals surface area contributed by atoms with Crippen LogP contribution in [0.5, 0.6) is 0 Å². The smallest absolute Gasteiger partial charge is 0.338 e. The highest BCUT2D eigenvalue weighted by Gasteiger charge is 2.12. The van der Waals surface area contributed by atoms with E-state index in [0.29, 0.717) is 16.8 Å². The van der Waals surface area contributed by atoms with Crippen LogP contribution in [0.25, 0.3) is 0 Å². The third kappa shape index (κ3) is 5.28. The molecule has 0 saturated heterocycles. The number of ketones is 1. The Morgan fingerprint density at radius 2 is 1.69 bits per heavy atom. The van der Waals surface area contributed by atoms with Crippen molar-refractivity contribution in [2.24, 2.45) is 0 Å². The maximum atomic E-state index is 12.2. The van der Waals surface area contributed by atoms with E-state index >= 15 is 0 Å². The molecular weight excluding hydrogens is 330 g/mol. The SMILES string of the molecule is CCOC(=O)c1cccc(NC(=O)CCC(=O)c2ccc(C)c(C)c2)c1. The maximum absolute atomic E-state index is 12.2. The lowest BCUT2D eigenvalue weighted by Gasteiger charge is -2.08. The van der Waals surface area contributed by atoms with Crippen molar-refractivity contribution < 1.29 is 19.1 Å². The van der Waals surface area contributed by atoms with Crippen LogP contribution in [0.1, 0.15) is 51.6 Å². The van der Waals surface area contributed by atoms with Crippen LogP contribution in [-0.4, -0.2) is 24.3 Å². The molecule has 0 atom stereocenters. The first-order valence-electron chi connectivity index (χ1n) is 8.58. The van der Waals surface area contributed by atoms with Crippen molar-refractivity contribution in [3.63, 3.8) is 0 Å². The van der Waals surface area contributed by atoms with Crippen LogP contribution in [0, 0.1) is 13.8 Å². The Morgan fingerprint density at radius 3 is 2.38 bits per heavy atom. The topological polar surface area (TPSA) is 72.5 Å². The normalized spacial score (nSPS) is 10.3. The first-order valence-corrected chi connectivity index (χ1v) is 8.58. The molecule has 0 aliphatic carbocycles. The molecule has 0 heterocycles. The van der Waals surface area contributed by atoms with E-state index in [2.05, 4.69) is 5.32 Å². The fourth-order valence-corrected chi connectivity index (χ4v) is 2.45. The van der Waals surface area contributed by atoms with Gasteiger partial charge in [-0.2, -0.15) is 0 Å². The average Bonchev–Trinajstić information content (AvgIpc) is 2.62. The summed E-state index contributed by atoms with van der Waals surface area (Å²) in [6.07, 6.45) is 0.210. The summed E-state index contributed by atoms with van der Waals surface area (Å²) in [7, 11) is 0. The van der Waals surface area contributed by atoms with Gasteiger partial charge >= 0.3 is 5.97 Å². The minimum Gasteiger partial charge on any atom is -0.462 e. The van der Waals surface area contributed by atoms with Crippen LogP contribution in [0.3, 0.4) is 0 Å². The fraction of sp³-hybridized carbons (Fsp3) is 0.286. The zero-order valence-electron chi connectivity index (χ0n) is 15.3. The Morgan fingerprint density at radius 1 is 0.923 bits per heavy atom. The van der Waals surface area contributed by atoms with Crippen molar-refractivity contribution in [3.05, 3.63) is 64.7 Å². The van der Waals surface area contributed by atoms with Gasteiger partial charge in [-0.15, -0.1) is 0 Å². The van der Waals surface area contributed by atoms with Crippen molar-refractivity contribution >= 4 is 23.3 Å². The van der Waals surface area contributed by atoms with E-state index in [-0.39, 0.29) is 31.1 Å². The van der Waals surface area contributed by atoms with E-state index in [0.717, 1.165) is 11.1 Å². The van der Waals surface area contributed by atoms with Crippen LogP contribution in [-0.2, 0) is 9.53 Å².